The van der Waals surface area contributed by atoms with Crippen molar-refractivity contribution < 1.29 is 9.66 Å². The van der Waals surface area contributed by atoms with Gasteiger partial charge in [0.1, 0.15) is 5.82 Å². The highest BCUT2D eigenvalue weighted by Crippen LogP contribution is 2.32. The van der Waals surface area contributed by atoms with Gasteiger partial charge in [-0.15, -0.1) is 0 Å². The third-order valence-corrected chi connectivity index (χ3v) is 5.47. The molecule has 2 aromatic carbocycles. The zero-order valence-electron chi connectivity index (χ0n) is 16.7. The second kappa shape index (κ2) is 8.44. The molecular formula is C22H22N4O4. The Labute approximate surface area is 173 Å². The van der Waals surface area contributed by atoms with Gasteiger partial charge >= 0.3 is 5.69 Å². The lowest BCUT2D eigenvalue weighted by atomic mass is 9.88. The Kier molecular flexibility index (Phi) is 5.56. The molecule has 4 rings (SSSR count). The van der Waals surface area contributed by atoms with Gasteiger partial charge in [-0.05, 0) is 37.1 Å². The molecule has 8 nitrogen and oxygen atoms in total. The van der Waals surface area contributed by atoms with Crippen LogP contribution in [0, 0.1) is 10.1 Å². The highest BCUT2D eigenvalue weighted by molar-refractivity contribution is 5.82. The van der Waals surface area contributed by atoms with Crippen molar-refractivity contribution in [3.63, 3.8) is 0 Å². The number of nitrogens with zero attached hydrogens (tertiary/aromatic N) is 4. The number of nitro benzene ring substituents is 1. The van der Waals surface area contributed by atoms with E-state index in [1.165, 1.54) is 36.6 Å². The molecule has 0 aliphatic heterocycles. The summed E-state index contributed by atoms with van der Waals surface area (Å²) in [7, 11) is 1.38. The second-order valence-corrected chi connectivity index (χ2v) is 7.37. The summed E-state index contributed by atoms with van der Waals surface area (Å²) in [6.45, 7) is 0. The Morgan fingerprint density at radius 2 is 1.97 bits per heavy atom. The minimum atomic E-state index is -0.507. The van der Waals surface area contributed by atoms with Crippen molar-refractivity contribution in [2.24, 2.45) is 5.10 Å². The van der Waals surface area contributed by atoms with Crippen molar-refractivity contribution in [3.05, 3.63) is 74.3 Å². The lowest BCUT2D eigenvalue weighted by Gasteiger charge is -2.22. The zero-order valence-corrected chi connectivity index (χ0v) is 16.7. The predicted octanol–water partition coefficient (Wildman–Crippen LogP) is 4.24. The van der Waals surface area contributed by atoms with Gasteiger partial charge in [-0.3, -0.25) is 14.9 Å². The fourth-order valence-electron chi connectivity index (χ4n) is 3.93. The topological polar surface area (TPSA) is 99.6 Å². The van der Waals surface area contributed by atoms with Crippen molar-refractivity contribution in [1.82, 2.24) is 9.66 Å². The average Bonchev–Trinajstić information content (AvgIpc) is 2.78. The van der Waals surface area contributed by atoms with E-state index < -0.39 is 4.92 Å². The summed E-state index contributed by atoms with van der Waals surface area (Å²) < 4.78 is 6.39. The van der Waals surface area contributed by atoms with E-state index in [0.29, 0.717) is 22.3 Å². The number of nitro groups is 1. The summed E-state index contributed by atoms with van der Waals surface area (Å²) in [6, 6.07) is 11.8. The van der Waals surface area contributed by atoms with Crippen LogP contribution in [0.15, 0.2) is 52.4 Å². The maximum absolute atomic E-state index is 13.2. The highest BCUT2D eigenvalue weighted by Gasteiger charge is 2.22. The van der Waals surface area contributed by atoms with E-state index >= 15 is 0 Å². The van der Waals surface area contributed by atoms with E-state index in [-0.39, 0.29) is 22.9 Å². The molecule has 0 unspecified atom stereocenters. The number of fused-ring (bicyclic) bond motifs is 1. The quantitative estimate of drug-likeness (QED) is 0.358. The maximum atomic E-state index is 13.2. The summed E-state index contributed by atoms with van der Waals surface area (Å²) in [5.41, 5.74) is 0.769. The number of hydrogen-bond acceptors (Lipinski definition) is 6. The van der Waals surface area contributed by atoms with Gasteiger partial charge in [0.25, 0.3) is 5.56 Å². The van der Waals surface area contributed by atoms with Gasteiger partial charge in [0.2, 0.25) is 0 Å². The average molecular weight is 406 g/mol. The van der Waals surface area contributed by atoms with E-state index in [0.717, 1.165) is 25.7 Å². The van der Waals surface area contributed by atoms with Crippen LogP contribution in [0.1, 0.15) is 49.4 Å². The van der Waals surface area contributed by atoms with Crippen LogP contribution in [0.3, 0.4) is 0 Å². The molecule has 1 fully saturated rings. The van der Waals surface area contributed by atoms with Gasteiger partial charge in [-0.1, -0.05) is 31.4 Å². The minimum absolute atomic E-state index is 0.155. The van der Waals surface area contributed by atoms with E-state index in [4.69, 9.17) is 9.72 Å². The van der Waals surface area contributed by atoms with Crippen LogP contribution in [-0.2, 0) is 0 Å². The Morgan fingerprint density at radius 3 is 2.70 bits per heavy atom. The van der Waals surface area contributed by atoms with Gasteiger partial charge in [0, 0.05) is 17.5 Å². The first-order chi connectivity index (χ1) is 14.6. The molecule has 0 atom stereocenters. The lowest BCUT2D eigenvalue weighted by Crippen LogP contribution is -2.25. The molecule has 0 N–H and O–H groups in total. The number of rotatable bonds is 5. The smallest absolute Gasteiger partial charge is 0.311 e. The van der Waals surface area contributed by atoms with E-state index in [1.807, 2.05) is 12.1 Å². The van der Waals surface area contributed by atoms with Crippen LogP contribution in [0.25, 0.3) is 10.9 Å². The van der Waals surface area contributed by atoms with E-state index in [1.54, 1.807) is 18.2 Å². The van der Waals surface area contributed by atoms with Crippen molar-refractivity contribution in [2.75, 3.05) is 7.11 Å². The molecule has 0 radical (unpaired) electrons. The summed E-state index contributed by atoms with van der Waals surface area (Å²) >= 11 is 0. The number of aromatic nitrogens is 2. The molecule has 0 bridgehead atoms. The molecule has 0 amide bonds. The first-order valence-electron chi connectivity index (χ1n) is 9.97. The summed E-state index contributed by atoms with van der Waals surface area (Å²) in [4.78, 5) is 28.7. The normalized spacial score (nSPS) is 15.0. The van der Waals surface area contributed by atoms with E-state index in [2.05, 4.69) is 5.10 Å². The van der Waals surface area contributed by atoms with Crippen molar-refractivity contribution in [3.8, 4) is 5.75 Å². The number of benzene rings is 2. The second-order valence-electron chi connectivity index (χ2n) is 7.37. The monoisotopic (exact) mass is 406 g/mol. The lowest BCUT2D eigenvalue weighted by molar-refractivity contribution is -0.385. The molecule has 30 heavy (non-hydrogen) atoms. The fourth-order valence-corrected chi connectivity index (χ4v) is 3.93. The van der Waals surface area contributed by atoms with Crippen molar-refractivity contribution in [2.45, 2.75) is 38.0 Å². The Balaban J connectivity index is 1.81. The van der Waals surface area contributed by atoms with Crippen LogP contribution < -0.4 is 10.3 Å². The molecular weight excluding hydrogens is 384 g/mol. The summed E-state index contributed by atoms with van der Waals surface area (Å²) in [6.07, 6.45) is 6.77. The SMILES string of the molecule is COc1ccc(C=Nn2c(C3CCCCC3)nc3ccccc3c2=O)cc1[N+](=O)[O-]. The van der Waals surface area contributed by atoms with Crippen LogP contribution in [-0.4, -0.2) is 27.9 Å². The molecule has 0 spiro atoms. The predicted molar refractivity (Wildman–Crippen MR) is 114 cm³/mol. The van der Waals surface area contributed by atoms with Gasteiger partial charge in [0.05, 0.1) is 29.2 Å². The molecule has 1 heterocycles. The Morgan fingerprint density at radius 1 is 1.20 bits per heavy atom. The summed E-state index contributed by atoms with van der Waals surface area (Å²) in [5, 5.41) is 16.2. The van der Waals surface area contributed by atoms with E-state index in [9.17, 15) is 14.9 Å². The third-order valence-electron chi connectivity index (χ3n) is 5.47. The third kappa shape index (κ3) is 3.80. The molecule has 3 aromatic rings. The van der Waals surface area contributed by atoms with Crippen LogP contribution in [0.2, 0.25) is 0 Å². The molecule has 1 saturated carbocycles. The summed E-state index contributed by atoms with van der Waals surface area (Å²) in [5.74, 6) is 0.987. The van der Waals surface area contributed by atoms with Gasteiger partial charge in [0.15, 0.2) is 5.75 Å². The van der Waals surface area contributed by atoms with Gasteiger partial charge in [-0.25, -0.2) is 4.98 Å². The first kappa shape index (κ1) is 19.8. The van der Waals surface area contributed by atoms with Crippen LogP contribution in [0.5, 0.6) is 5.75 Å². The minimum Gasteiger partial charge on any atom is -0.490 e. The number of hydrogen-bond donors (Lipinski definition) is 0. The molecule has 8 heteroatoms. The molecule has 0 saturated heterocycles. The highest BCUT2D eigenvalue weighted by atomic mass is 16.6. The molecule has 154 valence electrons. The fraction of sp³-hybridized carbons (Fsp3) is 0.318. The Bertz CT molecular complexity index is 1180. The van der Waals surface area contributed by atoms with Crippen molar-refractivity contribution in [1.29, 1.82) is 0 Å². The maximum Gasteiger partial charge on any atom is 0.311 e. The van der Waals surface area contributed by atoms with Gasteiger partial charge < -0.3 is 4.74 Å². The standard InChI is InChI=1S/C22H22N4O4/c1-30-20-12-11-15(13-19(20)26(28)29)14-23-25-21(16-7-3-2-4-8-16)24-18-10-6-5-9-17(18)22(25)27/h5-6,9-14,16H,2-4,7-8H2,1H3. The number of methoxy groups -OCH3 is 1. The molecule has 1 aliphatic rings. The van der Waals surface area contributed by atoms with Crippen molar-refractivity contribution >= 4 is 22.8 Å². The molecule has 1 aromatic heterocycles. The Hall–Kier alpha value is -3.55. The number of ether oxygens (including phenoxy) is 1. The van der Waals surface area contributed by atoms with Gasteiger partial charge in [-0.2, -0.15) is 9.78 Å². The zero-order chi connectivity index (χ0) is 21.1. The molecule has 1 aliphatic carbocycles. The largest absolute Gasteiger partial charge is 0.490 e. The van der Waals surface area contributed by atoms with Crippen LogP contribution in [0.4, 0.5) is 5.69 Å². The first-order valence-corrected chi connectivity index (χ1v) is 9.97. The number of para-hydroxylation sites is 1. The van der Waals surface area contributed by atoms with Crippen LogP contribution >= 0.6 is 0 Å².